The normalized spacial score (nSPS) is 11.4. The van der Waals surface area contributed by atoms with Gasteiger partial charge in [-0.2, -0.15) is 5.10 Å². The molecule has 6 nitrogen and oxygen atoms in total. The van der Waals surface area contributed by atoms with Gasteiger partial charge in [0.2, 0.25) is 0 Å². The molecular formula is C38H34N4O2. The Kier molecular flexibility index (Phi) is 6.70. The molecule has 0 radical (unpaired) electrons. The number of hydrogen-bond acceptors (Lipinski definition) is 4. The third kappa shape index (κ3) is 4.51. The highest BCUT2D eigenvalue weighted by atomic mass is 16.5. The number of para-hydroxylation sites is 1. The minimum atomic E-state index is 0.732. The van der Waals surface area contributed by atoms with E-state index in [1.165, 1.54) is 33.4 Å². The Morgan fingerprint density at radius 2 is 1.36 bits per heavy atom. The molecule has 218 valence electrons. The standard InChI is InChI=1S/C38H34N4O2/c1-23-24(2)26(4)38(27(5)25(23)3)28-21-40-41(22-28)29-10-9-11-31(18-29)44-32-14-15-34-33-12-7-8-13-35(33)42(36(34)19-32)37-20-30(43-6)16-17-39-37/h7-22H,1-6H3. The molecule has 0 saturated carbocycles. The lowest BCUT2D eigenvalue weighted by atomic mass is 9.87. The average molecular weight is 579 g/mol. The van der Waals surface area contributed by atoms with E-state index in [1.54, 1.807) is 13.3 Å². The maximum Gasteiger partial charge on any atom is 0.141 e. The van der Waals surface area contributed by atoms with Crippen molar-refractivity contribution < 1.29 is 9.47 Å². The number of fused-ring (bicyclic) bond motifs is 3. The number of aromatic nitrogens is 4. The quantitative estimate of drug-likeness (QED) is 0.197. The monoisotopic (exact) mass is 578 g/mol. The molecule has 6 heteroatoms. The topological polar surface area (TPSA) is 54.1 Å². The Bertz CT molecular complexity index is 2180. The van der Waals surface area contributed by atoms with Crippen LogP contribution in [0.1, 0.15) is 27.8 Å². The fraction of sp³-hybridized carbons (Fsp3) is 0.158. The minimum Gasteiger partial charge on any atom is -0.497 e. The first-order chi connectivity index (χ1) is 21.3. The van der Waals surface area contributed by atoms with E-state index in [-0.39, 0.29) is 0 Å². The Hall–Kier alpha value is -5.36. The van der Waals surface area contributed by atoms with Crippen molar-refractivity contribution in [3.8, 4) is 39.9 Å². The summed E-state index contributed by atoms with van der Waals surface area (Å²) in [5.74, 6) is 3.01. The fourth-order valence-electron chi connectivity index (χ4n) is 6.26. The molecule has 0 fully saturated rings. The fourth-order valence-corrected chi connectivity index (χ4v) is 6.26. The Balaban J connectivity index is 1.25. The first kappa shape index (κ1) is 27.5. The number of methoxy groups -OCH3 is 1. The molecular weight excluding hydrogens is 544 g/mol. The highest BCUT2D eigenvalue weighted by molar-refractivity contribution is 6.09. The van der Waals surface area contributed by atoms with Crippen LogP contribution in [0.4, 0.5) is 0 Å². The van der Waals surface area contributed by atoms with Crippen LogP contribution in [0.2, 0.25) is 0 Å². The predicted molar refractivity (Wildman–Crippen MR) is 178 cm³/mol. The van der Waals surface area contributed by atoms with Gasteiger partial charge in [-0.3, -0.25) is 4.57 Å². The van der Waals surface area contributed by atoms with Gasteiger partial charge in [0.25, 0.3) is 0 Å². The number of benzene rings is 4. The molecule has 0 bridgehead atoms. The number of nitrogens with zero attached hydrogens (tertiary/aromatic N) is 4. The van der Waals surface area contributed by atoms with Gasteiger partial charge in [0.05, 0.1) is 30.0 Å². The van der Waals surface area contributed by atoms with Crippen molar-refractivity contribution in [3.63, 3.8) is 0 Å². The van der Waals surface area contributed by atoms with Crippen molar-refractivity contribution >= 4 is 21.8 Å². The first-order valence-corrected chi connectivity index (χ1v) is 14.8. The molecule has 0 amide bonds. The SMILES string of the molecule is COc1ccnc(-n2c3ccccc3c3ccc(Oc4cccc(-n5cc(-c6c(C)c(C)c(C)c(C)c6C)cn5)c4)cc32)c1. The zero-order chi connectivity index (χ0) is 30.5. The Morgan fingerprint density at radius 1 is 0.636 bits per heavy atom. The van der Waals surface area contributed by atoms with E-state index in [2.05, 4.69) is 80.7 Å². The zero-order valence-electron chi connectivity index (χ0n) is 25.8. The first-order valence-electron chi connectivity index (χ1n) is 14.8. The van der Waals surface area contributed by atoms with Crippen LogP contribution in [0.3, 0.4) is 0 Å². The summed E-state index contributed by atoms with van der Waals surface area (Å²) in [5.41, 5.74) is 12.0. The van der Waals surface area contributed by atoms with Crippen LogP contribution in [-0.4, -0.2) is 26.4 Å². The van der Waals surface area contributed by atoms with Gasteiger partial charge in [-0.1, -0.05) is 24.3 Å². The highest BCUT2D eigenvalue weighted by Gasteiger charge is 2.17. The van der Waals surface area contributed by atoms with E-state index >= 15 is 0 Å². The second kappa shape index (κ2) is 10.7. The van der Waals surface area contributed by atoms with Crippen LogP contribution >= 0.6 is 0 Å². The van der Waals surface area contributed by atoms with Crippen molar-refractivity contribution in [3.05, 3.63) is 125 Å². The smallest absolute Gasteiger partial charge is 0.141 e. The highest BCUT2D eigenvalue weighted by Crippen LogP contribution is 2.37. The van der Waals surface area contributed by atoms with Crippen LogP contribution in [0.15, 0.2) is 97.5 Å². The molecule has 3 aromatic heterocycles. The van der Waals surface area contributed by atoms with Crippen molar-refractivity contribution in [2.45, 2.75) is 34.6 Å². The summed E-state index contributed by atoms with van der Waals surface area (Å²) in [5, 5.41) is 7.02. The van der Waals surface area contributed by atoms with E-state index in [0.29, 0.717) is 0 Å². The summed E-state index contributed by atoms with van der Waals surface area (Å²) in [4.78, 5) is 4.67. The zero-order valence-corrected chi connectivity index (χ0v) is 25.8. The lowest BCUT2D eigenvalue weighted by Gasteiger charge is -2.17. The molecule has 0 aliphatic carbocycles. The molecule has 0 N–H and O–H groups in total. The maximum absolute atomic E-state index is 6.46. The average Bonchev–Trinajstić information content (AvgIpc) is 3.66. The number of ether oxygens (including phenoxy) is 2. The van der Waals surface area contributed by atoms with Gasteiger partial charge < -0.3 is 9.47 Å². The molecule has 44 heavy (non-hydrogen) atoms. The van der Waals surface area contributed by atoms with Crippen LogP contribution in [0.25, 0.3) is 44.4 Å². The Morgan fingerprint density at radius 3 is 2.16 bits per heavy atom. The van der Waals surface area contributed by atoms with Crippen LogP contribution in [0, 0.1) is 34.6 Å². The second-order valence-electron chi connectivity index (χ2n) is 11.4. The van der Waals surface area contributed by atoms with Gasteiger partial charge >= 0.3 is 0 Å². The lowest BCUT2D eigenvalue weighted by Crippen LogP contribution is -1.99. The molecule has 0 spiro atoms. The molecule has 0 aliphatic rings. The molecule has 0 aliphatic heterocycles. The van der Waals surface area contributed by atoms with Crippen LogP contribution in [-0.2, 0) is 0 Å². The largest absolute Gasteiger partial charge is 0.497 e. The van der Waals surface area contributed by atoms with Crippen molar-refractivity contribution in [1.29, 1.82) is 0 Å². The van der Waals surface area contributed by atoms with E-state index < -0.39 is 0 Å². The Labute approximate surface area is 257 Å². The summed E-state index contributed by atoms with van der Waals surface area (Å²) in [7, 11) is 1.67. The molecule has 7 aromatic rings. The number of rotatable bonds is 6. The third-order valence-corrected chi connectivity index (χ3v) is 9.02. The van der Waals surface area contributed by atoms with Gasteiger partial charge in [-0.05, 0) is 104 Å². The van der Waals surface area contributed by atoms with Gasteiger partial charge in [0.1, 0.15) is 23.1 Å². The predicted octanol–water partition coefficient (Wildman–Crippen LogP) is 9.37. The molecule has 3 heterocycles. The van der Waals surface area contributed by atoms with E-state index in [1.807, 2.05) is 59.4 Å². The second-order valence-corrected chi connectivity index (χ2v) is 11.4. The van der Waals surface area contributed by atoms with E-state index in [9.17, 15) is 0 Å². The maximum atomic E-state index is 6.46. The van der Waals surface area contributed by atoms with Crippen LogP contribution in [0.5, 0.6) is 17.2 Å². The van der Waals surface area contributed by atoms with Crippen molar-refractivity contribution in [2.24, 2.45) is 0 Å². The van der Waals surface area contributed by atoms with Gasteiger partial charge in [-0.15, -0.1) is 0 Å². The third-order valence-electron chi connectivity index (χ3n) is 9.02. The summed E-state index contributed by atoms with van der Waals surface area (Å²) in [6.07, 6.45) is 5.83. The number of hydrogen-bond donors (Lipinski definition) is 0. The van der Waals surface area contributed by atoms with Gasteiger partial charge in [0.15, 0.2) is 0 Å². The van der Waals surface area contributed by atoms with Crippen LogP contribution < -0.4 is 9.47 Å². The summed E-state index contributed by atoms with van der Waals surface area (Å²) < 4.78 is 16.0. The molecule has 4 aromatic carbocycles. The minimum absolute atomic E-state index is 0.732. The summed E-state index contributed by atoms with van der Waals surface area (Å²) in [6, 6.07) is 26.4. The van der Waals surface area contributed by atoms with E-state index in [4.69, 9.17) is 14.6 Å². The van der Waals surface area contributed by atoms with Crippen molar-refractivity contribution in [1.82, 2.24) is 19.3 Å². The van der Waals surface area contributed by atoms with Gasteiger partial charge in [-0.25, -0.2) is 9.67 Å². The van der Waals surface area contributed by atoms with Crippen molar-refractivity contribution in [2.75, 3.05) is 7.11 Å². The van der Waals surface area contributed by atoms with Gasteiger partial charge in [0, 0.05) is 46.9 Å². The summed E-state index contributed by atoms with van der Waals surface area (Å²) in [6.45, 7) is 11.0. The van der Waals surface area contributed by atoms with E-state index in [0.717, 1.165) is 56.1 Å². The molecule has 7 rings (SSSR count). The molecule has 0 atom stereocenters. The number of pyridine rings is 1. The molecule has 0 unspecified atom stereocenters. The lowest BCUT2D eigenvalue weighted by molar-refractivity contribution is 0.414. The summed E-state index contributed by atoms with van der Waals surface area (Å²) >= 11 is 0. The molecule has 0 saturated heterocycles.